The molecule has 0 unspecified atom stereocenters. The van der Waals surface area contributed by atoms with Gasteiger partial charge in [0.2, 0.25) is 0 Å². The molecule has 0 radical (unpaired) electrons. The highest BCUT2D eigenvalue weighted by Gasteiger charge is 2.14. The lowest BCUT2D eigenvalue weighted by Gasteiger charge is -2.20. The number of halogens is 1. The van der Waals surface area contributed by atoms with Gasteiger partial charge in [-0.2, -0.15) is 0 Å². The summed E-state index contributed by atoms with van der Waals surface area (Å²) in [7, 11) is 0. The molecule has 0 aliphatic heterocycles. The fraction of sp³-hybridized carbons (Fsp3) is 0.364. The molecule has 1 amide bonds. The predicted octanol–water partition coefficient (Wildman–Crippen LogP) is 2.79. The largest absolute Gasteiger partial charge is 0.347 e. The highest BCUT2D eigenvalue weighted by atomic mass is 79.9. The zero-order chi connectivity index (χ0) is 9.90. The van der Waals surface area contributed by atoms with E-state index in [2.05, 4.69) is 5.32 Å². The first-order chi connectivity index (χ1) is 5.99. The smallest absolute Gasteiger partial charge is 0.251 e. The van der Waals surface area contributed by atoms with Crippen LogP contribution in [0, 0.1) is 0 Å². The number of rotatable bonds is 1. The molecule has 1 N–H and O–H groups in total. The van der Waals surface area contributed by atoms with Gasteiger partial charge in [0.05, 0.1) is 0 Å². The second-order valence-electron chi connectivity index (χ2n) is 4.07. The van der Waals surface area contributed by atoms with Gasteiger partial charge in [-0.25, -0.2) is 0 Å². The van der Waals surface area contributed by atoms with E-state index in [0.29, 0.717) is 5.56 Å². The summed E-state index contributed by atoms with van der Waals surface area (Å²) in [6, 6.07) is 9.23. The van der Waals surface area contributed by atoms with Crippen LogP contribution < -0.4 is 5.32 Å². The molecule has 2 nitrogen and oxygen atoms in total. The highest BCUT2D eigenvalue weighted by Crippen LogP contribution is 2.03. The lowest BCUT2D eigenvalue weighted by atomic mass is 10.1. The minimum atomic E-state index is -0.174. The summed E-state index contributed by atoms with van der Waals surface area (Å²) >= 11 is 0. The summed E-state index contributed by atoms with van der Waals surface area (Å²) in [5.41, 5.74) is 0.532. The van der Waals surface area contributed by atoms with Gasteiger partial charge in [-0.15, -0.1) is 17.0 Å². The molecule has 14 heavy (non-hydrogen) atoms. The Labute approximate surface area is 95.5 Å². The summed E-state index contributed by atoms with van der Waals surface area (Å²) in [6.45, 7) is 5.90. The van der Waals surface area contributed by atoms with Crippen LogP contribution in [0.4, 0.5) is 0 Å². The number of hydrogen-bond acceptors (Lipinski definition) is 1. The molecular formula is C11H16BrNO. The van der Waals surface area contributed by atoms with Crippen LogP contribution in [0.25, 0.3) is 0 Å². The number of hydrogen-bond donors (Lipinski definition) is 1. The van der Waals surface area contributed by atoms with Crippen molar-refractivity contribution in [2.45, 2.75) is 26.3 Å². The molecule has 1 aromatic carbocycles. The molecule has 0 heterocycles. The number of carbonyl (C=O) groups excluding carboxylic acids is 1. The molecule has 1 rings (SSSR count). The van der Waals surface area contributed by atoms with E-state index in [0.717, 1.165) is 0 Å². The van der Waals surface area contributed by atoms with Gasteiger partial charge < -0.3 is 5.32 Å². The minimum Gasteiger partial charge on any atom is -0.347 e. The van der Waals surface area contributed by atoms with Crippen LogP contribution in [-0.4, -0.2) is 11.4 Å². The molecular weight excluding hydrogens is 242 g/mol. The minimum absolute atomic E-state index is 0. The topological polar surface area (TPSA) is 29.1 Å². The zero-order valence-electron chi connectivity index (χ0n) is 8.70. The standard InChI is InChI=1S/C11H15NO.BrH/c1-11(2,3)12-10(13)9-7-5-4-6-8-9;/h4-8H,1-3H3,(H,12,13);1H. The van der Waals surface area contributed by atoms with Crippen LogP contribution in [0.2, 0.25) is 0 Å². The van der Waals surface area contributed by atoms with E-state index in [1.54, 1.807) is 12.1 Å². The third-order valence-corrected chi connectivity index (χ3v) is 1.52. The van der Waals surface area contributed by atoms with Crippen LogP contribution in [0.3, 0.4) is 0 Å². The second kappa shape index (κ2) is 5.15. The maximum atomic E-state index is 11.5. The molecule has 0 saturated heterocycles. The Morgan fingerprint density at radius 1 is 1.14 bits per heavy atom. The van der Waals surface area contributed by atoms with Gasteiger partial charge in [-0.1, -0.05) is 18.2 Å². The normalized spacial score (nSPS) is 10.2. The quantitative estimate of drug-likeness (QED) is 0.824. The van der Waals surface area contributed by atoms with Crippen LogP contribution in [0.1, 0.15) is 31.1 Å². The van der Waals surface area contributed by atoms with Crippen molar-refractivity contribution in [3.8, 4) is 0 Å². The molecule has 0 aliphatic carbocycles. The molecule has 3 heteroatoms. The molecule has 1 aromatic rings. The SMILES string of the molecule is Br.CC(C)(C)NC(=O)c1ccccc1. The second-order valence-corrected chi connectivity index (χ2v) is 4.07. The molecule has 78 valence electrons. The third-order valence-electron chi connectivity index (χ3n) is 1.52. The number of benzene rings is 1. The Kier molecular flexibility index (Phi) is 4.85. The number of nitrogens with one attached hydrogen (secondary N) is 1. The van der Waals surface area contributed by atoms with Gasteiger partial charge in [0, 0.05) is 11.1 Å². The summed E-state index contributed by atoms with van der Waals surface area (Å²) in [6.07, 6.45) is 0. The summed E-state index contributed by atoms with van der Waals surface area (Å²) in [5.74, 6) is -0.0203. The van der Waals surface area contributed by atoms with E-state index >= 15 is 0 Å². The summed E-state index contributed by atoms with van der Waals surface area (Å²) in [4.78, 5) is 11.5. The lowest BCUT2D eigenvalue weighted by Crippen LogP contribution is -2.40. The van der Waals surface area contributed by atoms with Gasteiger partial charge >= 0.3 is 0 Å². The van der Waals surface area contributed by atoms with Gasteiger partial charge in [0.25, 0.3) is 5.91 Å². The van der Waals surface area contributed by atoms with Crippen molar-refractivity contribution in [3.05, 3.63) is 35.9 Å². The van der Waals surface area contributed by atoms with Crippen LogP contribution in [0.5, 0.6) is 0 Å². The first-order valence-corrected chi connectivity index (χ1v) is 4.36. The van der Waals surface area contributed by atoms with Gasteiger partial charge in [-0.05, 0) is 32.9 Å². The maximum Gasteiger partial charge on any atom is 0.251 e. The maximum absolute atomic E-state index is 11.5. The Morgan fingerprint density at radius 3 is 2.07 bits per heavy atom. The first kappa shape index (κ1) is 13.2. The molecule has 0 aliphatic rings. The summed E-state index contributed by atoms with van der Waals surface area (Å²) in [5, 5.41) is 2.90. The highest BCUT2D eigenvalue weighted by molar-refractivity contribution is 8.93. The molecule has 0 aromatic heterocycles. The predicted molar refractivity (Wildman–Crippen MR) is 64.0 cm³/mol. The van der Waals surface area contributed by atoms with E-state index in [9.17, 15) is 4.79 Å². The fourth-order valence-corrected chi connectivity index (χ4v) is 1.00. The van der Waals surface area contributed by atoms with Crippen molar-refractivity contribution in [1.82, 2.24) is 5.32 Å². The molecule has 0 bridgehead atoms. The average molecular weight is 258 g/mol. The van der Waals surface area contributed by atoms with Crippen molar-refractivity contribution >= 4 is 22.9 Å². The monoisotopic (exact) mass is 257 g/mol. The zero-order valence-corrected chi connectivity index (χ0v) is 10.4. The number of carbonyl (C=O) groups is 1. The molecule has 0 atom stereocenters. The van der Waals surface area contributed by atoms with Crippen LogP contribution in [0.15, 0.2) is 30.3 Å². The van der Waals surface area contributed by atoms with Crippen molar-refractivity contribution in [2.75, 3.05) is 0 Å². The molecule has 0 spiro atoms. The van der Waals surface area contributed by atoms with E-state index in [1.165, 1.54) is 0 Å². The Morgan fingerprint density at radius 2 is 1.64 bits per heavy atom. The van der Waals surface area contributed by atoms with E-state index in [4.69, 9.17) is 0 Å². The van der Waals surface area contributed by atoms with Crippen LogP contribution >= 0.6 is 17.0 Å². The average Bonchev–Trinajstić information content (AvgIpc) is 2.03. The van der Waals surface area contributed by atoms with E-state index in [-0.39, 0.29) is 28.4 Å². The van der Waals surface area contributed by atoms with Crippen molar-refractivity contribution in [2.24, 2.45) is 0 Å². The van der Waals surface area contributed by atoms with Crippen molar-refractivity contribution in [3.63, 3.8) is 0 Å². The Balaban J connectivity index is 0.00000169. The third kappa shape index (κ3) is 4.42. The van der Waals surface area contributed by atoms with Gasteiger partial charge in [0.15, 0.2) is 0 Å². The van der Waals surface area contributed by atoms with Crippen LogP contribution in [-0.2, 0) is 0 Å². The van der Waals surface area contributed by atoms with Gasteiger partial charge in [-0.3, -0.25) is 4.79 Å². The number of amides is 1. The lowest BCUT2D eigenvalue weighted by molar-refractivity contribution is 0.0919. The van der Waals surface area contributed by atoms with Gasteiger partial charge in [0.1, 0.15) is 0 Å². The fourth-order valence-electron chi connectivity index (χ4n) is 1.00. The van der Waals surface area contributed by atoms with E-state index < -0.39 is 0 Å². The van der Waals surface area contributed by atoms with Crippen molar-refractivity contribution in [1.29, 1.82) is 0 Å². The Bertz CT molecular complexity index is 290. The van der Waals surface area contributed by atoms with Crippen molar-refractivity contribution < 1.29 is 4.79 Å². The summed E-state index contributed by atoms with van der Waals surface area (Å²) < 4.78 is 0. The van der Waals surface area contributed by atoms with E-state index in [1.807, 2.05) is 39.0 Å². The first-order valence-electron chi connectivity index (χ1n) is 4.36. The Hall–Kier alpha value is -0.830. The molecule has 0 saturated carbocycles. The molecule has 0 fully saturated rings.